The highest BCUT2D eigenvalue weighted by atomic mass is 16.2. The first-order valence-corrected chi connectivity index (χ1v) is 6.14. The average Bonchev–Trinajstić information content (AvgIpc) is 2.24. The summed E-state index contributed by atoms with van der Waals surface area (Å²) in [5.41, 5.74) is 5.45. The lowest BCUT2D eigenvalue weighted by Gasteiger charge is -2.32. The molecule has 0 aromatic heterocycles. The van der Waals surface area contributed by atoms with Crippen LogP contribution in [0.15, 0.2) is 0 Å². The number of nitrogens with zero attached hydrogens (tertiary/aromatic N) is 1. The van der Waals surface area contributed by atoms with Crippen molar-refractivity contribution in [1.29, 1.82) is 0 Å². The van der Waals surface area contributed by atoms with Gasteiger partial charge in [0.1, 0.15) is 0 Å². The molecule has 1 aliphatic heterocycles. The Morgan fingerprint density at radius 2 is 2.33 bits per heavy atom. The molecule has 3 heteroatoms. The minimum atomic E-state index is 0.152. The summed E-state index contributed by atoms with van der Waals surface area (Å²) in [6.45, 7) is 6.84. The molecule has 1 heterocycles. The summed E-state index contributed by atoms with van der Waals surface area (Å²) in [5.74, 6) is 1.15. The molecule has 0 bridgehead atoms. The maximum atomic E-state index is 12.0. The Morgan fingerprint density at radius 3 is 2.93 bits per heavy atom. The summed E-state index contributed by atoms with van der Waals surface area (Å²) in [5, 5.41) is 0. The average molecular weight is 212 g/mol. The number of piperidine rings is 1. The van der Waals surface area contributed by atoms with Crippen molar-refractivity contribution in [3.63, 3.8) is 0 Å². The first-order valence-electron chi connectivity index (χ1n) is 6.14. The van der Waals surface area contributed by atoms with E-state index in [1.807, 2.05) is 11.8 Å². The molecule has 0 aromatic carbocycles. The van der Waals surface area contributed by atoms with Crippen LogP contribution in [0.1, 0.15) is 39.5 Å². The number of hydrogen-bond acceptors (Lipinski definition) is 2. The molecule has 1 aliphatic rings. The van der Waals surface area contributed by atoms with E-state index in [-0.39, 0.29) is 5.92 Å². The highest BCUT2D eigenvalue weighted by Crippen LogP contribution is 2.18. The Bertz CT molecular complexity index is 206. The van der Waals surface area contributed by atoms with E-state index in [0.29, 0.717) is 18.4 Å². The molecule has 2 unspecified atom stereocenters. The topological polar surface area (TPSA) is 46.3 Å². The van der Waals surface area contributed by atoms with Crippen molar-refractivity contribution in [1.82, 2.24) is 4.90 Å². The van der Waals surface area contributed by atoms with Gasteiger partial charge in [-0.05, 0) is 38.1 Å². The molecule has 3 nitrogen and oxygen atoms in total. The molecule has 1 amide bonds. The highest BCUT2D eigenvalue weighted by Gasteiger charge is 2.24. The number of carbonyl (C=O) groups is 1. The van der Waals surface area contributed by atoms with Gasteiger partial charge in [-0.1, -0.05) is 13.8 Å². The minimum Gasteiger partial charge on any atom is -0.342 e. The maximum Gasteiger partial charge on any atom is 0.225 e. The van der Waals surface area contributed by atoms with Gasteiger partial charge in [0.2, 0.25) is 5.91 Å². The molecule has 0 spiro atoms. The van der Waals surface area contributed by atoms with Gasteiger partial charge in [0.05, 0.1) is 0 Å². The van der Waals surface area contributed by atoms with E-state index in [9.17, 15) is 4.79 Å². The maximum absolute atomic E-state index is 12.0. The van der Waals surface area contributed by atoms with E-state index in [0.717, 1.165) is 32.4 Å². The molecule has 0 aliphatic carbocycles. The zero-order valence-corrected chi connectivity index (χ0v) is 10.0. The van der Waals surface area contributed by atoms with Gasteiger partial charge < -0.3 is 10.6 Å². The van der Waals surface area contributed by atoms with E-state index >= 15 is 0 Å². The SMILES string of the molecule is CC1CCCN(C(=O)C(C)CCCN)C1. The summed E-state index contributed by atoms with van der Waals surface area (Å²) < 4.78 is 0. The van der Waals surface area contributed by atoms with Crippen molar-refractivity contribution in [2.45, 2.75) is 39.5 Å². The summed E-state index contributed by atoms with van der Waals surface area (Å²) in [6.07, 6.45) is 4.31. The second-order valence-corrected chi connectivity index (χ2v) is 4.86. The van der Waals surface area contributed by atoms with Gasteiger partial charge in [0, 0.05) is 19.0 Å². The lowest BCUT2D eigenvalue weighted by molar-refractivity contribution is -0.136. The van der Waals surface area contributed by atoms with Crippen molar-refractivity contribution in [2.75, 3.05) is 19.6 Å². The van der Waals surface area contributed by atoms with Gasteiger partial charge in [-0.15, -0.1) is 0 Å². The molecule has 1 saturated heterocycles. The summed E-state index contributed by atoms with van der Waals surface area (Å²) in [4.78, 5) is 14.1. The molecule has 2 N–H and O–H groups in total. The summed E-state index contributed by atoms with van der Waals surface area (Å²) in [7, 11) is 0. The van der Waals surface area contributed by atoms with Crippen LogP contribution in [0.3, 0.4) is 0 Å². The van der Waals surface area contributed by atoms with Gasteiger partial charge in [0.25, 0.3) is 0 Å². The minimum absolute atomic E-state index is 0.152. The lowest BCUT2D eigenvalue weighted by Crippen LogP contribution is -2.41. The molecular formula is C12H24N2O. The van der Waals surface area contributed by atoms with Crippen LogP contribution in [0.2, 0.25) is 0 Å². The van der Waals surface area contributed by atoms with E-state index in [1.165, 1.54) is 6.42 Å². The molecule has 2 atom stereocenters. The normalized spacial score (nSPS) is 23.9. The summed E-state index contributed by atoms with van der Waals surface area (Å²) in [6, 6.07) is 0. The third kappa shape index (κ3) is 3.82. The van der Waals surface area contributed by atoms with Crippen LogP contribution in [-0.2, 0) is 4.79 Å². The predicted molar refractivity (Wildman–Crippen MR) is 62.4 cm³/mol. The first kappa shape index (κ1) is 12.5. The van der Waals surface area contributed by atoms with E-state index in [4.69, 9.17) is 5.73 Å². The van der Waals surface area contributed by atoms with Crippen LogP contribution < -0.4 is 5.73 Å². The van der Waals surface area contributed by atoms with Crippen LogP contribution in [0.4, 0.5) is 0 Å². The predicted octanol–water partition coefficient (Wildman–Crippen LogP) is 1.62. The van der Waals surface area contributed by atoms with Crippen molar-refractivity contribution >= 4 is 5.91 Å². The third-order valence-electron chi connectivity index (χ3n) is 3.23. The number of nitrogens with two attached hydrogens (primary N) is 1. The highest BCUT2D eigenvalue weighted by molar-refractivity contribution is 5.78. The number of carbonyl (C=O) groups excluding carboxylic acids is 1. The molecule has 88 valence electrons. The molecule has 15 heavy (non-hydrogen) atoms. The fourth-order valence-electron chi connectivity index (χ4n) is 2.25. The Hall–Kier alpha value is -0.570. The molecule has 0 radical (unpaired) electrons. The second-order valence-electron chi connectivity index (χ2n) is 4.86. The standard InChI is InChI=1S/C12H24N2O/c1-10-5-4-8-14(9-10)12(15)11(2)6-3-7-13/h10-11H,3-9,13H2,1-2H3. The molecular weight excluding hydrogens is 188 g/mol. The Kier molecular flexibility index (Phi) is 5.09. The third-order valence-corrected chi connectivity index (χ3v) is 3.23. The van der Waals surface area contributed by atoms with E-state index < -0.39 is 0 Å². The molecule has 0 aromatic rings. The van der Waals surface area contributed by atoms with E-state index in [2.05, 4.69) is 6.92 Å². The fourth-order valence-corrected chi connectivity index (χ4v) is 2.25. The zero-order valence-electron chi connectivity index (χ0n) is 10.0. The zero-order chi connectivity index (χ0) is 11.3. The van der Waals surface area contributed by atoms with Crippen LogP contribution in [0.5, 0.6) is 0 Å². The van der Waals surface area contributed by atoms with Gasteiger partial charge in [0.15, 0.2) is 0 Å². The Balaban J connectivity index is 2.37. The summed E-state index contributed by atoms with van der Waals surface area (Å²) >= 11 is 0. The van der Waals surface area contributed by atoms with Crippen LogP contribution >= 0.6 is 0 Å². The van der Waals surface area contributed by atoms with Gasteiger partial charge in [-0.25, -0.2) is 0 Å². The first-order chi connectivity index (χ1) is 7.15. The van der Waals surface area contributed by atoms with Gasteiger partial charge in [-0.3, -0.25) is 4.79 Å². The lowest BCUT2D eigenvalue weighted by atomic mass is 9.97. The monoisotopic (exact) mass is 212 g/mol. The number of rotatable bonds is 4. The Morgan fingerprint density at radius 1 is 1.60 bits per heavy atom. The smallest absolute Gasteiger partial charge is 0.225 e. The van der Waals surface area contributed by atoms with Crippen molar-refractivity contribution in [3.8, 4) is 0 Å². The second kappa shape index (κ2) is 6.11. The van der Waals surface area contributed by atoms with Gasteiger partial charge in [-0.2, -0.15) is 0 Å². The van der Waals surface area contributed by atoms with Gasteiger partial charge >= 0.3 is 0 Å². The van der Waals surface area contributed by atoms with E-state index in [1.54, 1.807) is 0 Å². The van der Waals surface area contributed by atoms with Crippen molar-refractivity contribution in [2.24, 2.45) is 17.6 Å². The van der Waals surface area contributed by atoms with Crippen molar-refractivity contribution < 1.29 is 4.79 Å². The number of amides is 1. The van der Waals surface area contributed by atoms with Crippen LogP contribution in [0, 0.1) is 11.8 Å². The molecule has 1 rings (SSSR count). The largest absolute Gasteiger partial charge is 0.342 e. The number of hydrogen-bond donors (Lipinski definition) is 1. The Labute approximate surface area is 93.0 Å². The molecule has 0 saturated carbocycles. The fraction of sp³-hybridized carbons (Fsp3) is 0.917. The van der Waals surface area contributed by atoms with Crippen molar-refractivity contribution in [3.05, 3.63) is 0 Å². The number of likely N-dealkylation sites (tertiary alicyclic amines) is 1. The van der Waals surface area contributed by atoms with Crippen LogP contribution in [-0.4, -0.2) is 30.4 Å². The quantitative estimate of drug-likeness (QED) is 0.769. The van der Waals surface area contributed by atoms with Crippen LogP contribution in [0.25, 0.3) is 0 Å². The molecule has 1 fully saturated rings.